The van der Waals surface area contributed by atoms with Gasteiger partial charge in [0.15, 0.2) is 0 Å². The molecule has 0 bridgehead atoms. The summed E-state index contributed by atoms with van der Waals surface area (Å²) in [6, 6.07) is 31.3. The van der Waals surface area contributed by atoms with Gasteiger partial charge in [-0.05, 0) is 121 Å². The number of carbonyl (C=O) groups is 2. The zero-order valence-corrected chi connectivity index (χ0v) is 29.8. The van der Waals surface area contributed by atoms with Gasteiger partial charge in [-0.2, -0.15) is 0 Å². The molecule has 3 atom stereocenters. The molecule has 2 N–H and O–H groups in total. The number of fused-ring (bicyclic) bond motifs is 2. The van der Waals surface area contributed by atoms with E-state index in [1.165, 1.54) is 27.9 Å². The number of unbranched alkanes of at least 4 members (excludes halogenated alkanes) is 1. The Labute approximate surface area is 306 Å². The Morgan fingerprint density at radius 2 is 1.62 bits per heavy atom. The molecule has 0 radical (unpaired) electrons. The first kappa shape index (κ1) is 34.0. The van der Waals surface area contributed by atoms with Crippen molar-refractivity contribution in [1.29, 1.82) is 0 Å². The Hall–Kier alpha value is -5.08. The van der Waals surface area contributed by atoms with Crippen molar-refractivity contribution in [3.63, 3.8) is 0 Å². The highest BCUT2D eigenvalue weighted by Crippen LogP contribution is 2.47. The van der Waals surface area contributed by atoms with Crippen LogP contribution in [0.15, 0.2) is 103 Å². The molecule has 4 aromatic carbocycles. The molecule has 0 saturated carbocycles. The summed E-state index contributed by atoms with van der Waals surface area (Å²) in [4.78, 5) is 32.3. The molecule has 3 heterocycles. The lowest BCUT2D eigenvalue weighted by molar-refractivity contribution is -0.126. The predicted molar refractivity (Wildman–Crippen MR) is 204 cm³/mol. The number of benzene rings is 4. The number of hydrogen-bond donors (Lipinski definition) is 2. The van der Waals surface area contributed by atoms with Crippen LogP contribution in [0.5, 0.6) is 11.5 Å². The summed E-state index contributed by atoms with van der Waals surface area (Å²) in [5.41, 5.74) is 8.88. The second-order valence-corrected chi connectivity index (χ2v) is 14.8. The second kappa shape index (κ2) is 14.9. The monoisotopic (exact) mass is 696 g/mol. The molecule has 8 rings (SSSR count). The molecule has 2 fully saturated rings. The smallest absolute Gasteiger partial charge is 0.255 e. The third-order valence-corrected chi connectivity index (χ3v) is 11.6. The van der Waals surface area contributed by atoms with Crippen LogP contribution in [-0.4, -0.2) is 72.1 Å². The van der Waals surface area contributed by atoms with E-state index in [9.17, 15) is 14.7 Å². The number of rotatable bonds is 10. The largest absolute Gasteiger partial charge is 0.508 e. The lowest BCUT2D eigenvalue weighted by Crippen LogP contribution is -2.49. The van der Waals surface area contributed by atoms with E-state index in [4.69, 9.17) is 4.74 Å². The van der Waals surface area contributed by atoms with Crippen LogP contribution in [0.25, 0.3) is 0 Å². The first-order valence-electron chi connectivity index (χ1n) is 18.9. The molecule has 268 valence electrons. The molecule has 52 heavy (non-hydrogen) atoms. The Morgan fingerprint density at radius 1 is 0.808 bits per heavy atom. The minimum absolute atomic E-state index is 0.0866. The van der Waals surface area contributed by atoms with Crippen LogP contribution in [0.4, 0.5) is 5.69 Å². The third kappa shape index (κ3) is 7.04. The van der Waals surface area contributed by atoms with Crippen LogP contribution in [0, 0.1) is 0 Å². The van der Waals surface area contributed by atoms with E-state index in [0.717, 1.165) is 69.7 Å². The van der Waals surface area contributed by atoms with E-state index < -0.39 is 6.04 Å². The third-order valence-electron chi connectivity index (χ3n) is 11.6. The number of nitrogens with zero attached hydrogens (tertiary/aromatic N) is 3. The van der Waals surface area contributed by atoms with Gasteiger partial charge in [0, 0.05) is 55.6 Å². The summed E-state index contributed by atoms with van der Waals surface area (Å²) >= 11 is 0. The molecule has 0 aromatic heterocycles. The van der Waals surface area contributed by atoms with Crippen LogP contribution in [0.2, 0.25) is 0 Å². The molecular weight excluding hydrogens is 649 g/mol. The lowest BCUT2D eigenvalue weighted by Gasteiger charge is -2.37. The van der Waals surface area contributed by atoms with Crippen LogP contribution >= 0.6 is 0 Å². The first-order valence-corrected chi connectivity index (χ1v) is 18.9. The topological polar surface area (TPSA) is 85.4 Å². The van der Waals surface area contributed by atoms with Crippen LogP contribution in [-0.2, 0) is 17.8 Å². The molecule has 8 heteroatoms. The molecule has 2 saturated heterocycles. The first-order chi connectivity index (χ1) is 25.4. The number of nitrogens with one attached hydrogen (secondary N) is 1. The number of phenolic OH excluding ortho intramolecular Hbond substituents is 1. The highest BCUT2D eigenvalue weighted by Gasteiger charge is 2.38. The van der Waals surface area contributed by atoms with Gasteiger partial charge >= 0.3 is 0 Å². The Balaban J connectivity index is 0.803. The van der Waals surface area contributed by atoms with Gasteiger partial charge in [0.25, 0.3) is 5.91 Å². The summed E-state index contributed by atoms with van der Waals surface area (Å²) in [6.45, 7) is 10.1. The minimum atomic E-state index is -0.451. The quantitative estimate of drug-likeness (QED) is 0.174. The van der Waals surface area contributed by atoms with Crippen molar-refractivity contribution >= 4 is 17.5 Å². The number of amides is 2. The normalized spacial score (nSPS) is 21.8. The fourth-order valence-corrected chi connectivity index (χ4v) is 8.75. The maximum atomic E-state index is 13.0. The molecule has 0 spiro atoms. The van der Waals surface area contributed by atoms with Crippen LogP contribution < -0.4 is 15.0 Å². The van der Waals surface area contributed by atoms with Gasteiger partial charge in [0.05, 0.1) is 6.61 Å². The Morgan fingerprint density at radius 3 is 2.40 bits per heavy atom. The molecule has 2 amide bonds. The van der Waals surface area contributed by atoms with Gasteiger partial charge < -0.3 is 25.0 Å². The number of ether oxygens (including phenoxy) is 1. The van der Waals surface area contributed by atoms with E-state index in [1.54, 1.807) is 4.90 Å². The number of anilines is 1. The number of phenols is 1. The molecule has 8 nitrogen and oxygen atoms in total. The summed E-state index contributed by atoms with van der Waals surface area (Å²) in [7, 11) is 0. The molecule has 1 unspecified atom stereocenters. The number of aryl methyl sites for hydroxylation is 1. The number of aromatic hydroxyl groups is 1. The van der Waals surface area contributed by atoms with Crippen molar-refractivity contribution in [3.8, 4) is 11.5 Å². The standard InChI is InChI=1S/C44H48N4O4/c1-30-9-20-41(43(50)45-30)48-29-34-28-37(16-19-40(34)44(48)51)52-26-6-5-21-46-22-24-47(25-23-46)35-13-10-32(11-14-35)42-38(31-7-3-2-4-8-31)17-12-33-27-36(49)15-18-39(33)42/h2-4,7-8,10-11,13-16,18-19,27-28,38,41-42,49H,1,5-6,9,12,17,20-26,29H2,(H,45,50)/t38-,41?,42+/m1/s1. The van der Waals surface area contributed by atoms with Gasteiger partial charge in [-0.3, -0.25) is 14.5 Å². The van der Waals surface area contributed by atoms with Crippen molar-refractivity contribution in [2.45, 2.75) is 62.9 Å². The second-order valence-electron chi connectivity index (χ2n) is 14.8. The van der Waals surface area contributed by atoms with E-state index in [-0.39, 0.29) is 17.7 Å². The molecule has 4 aromatic rings. The fourth-order valence-electron chi connectivity index (χ4n) is 8.75. The lowest BCUT2D eigenvalue weighted by atomic mass is 9.69. The highest BCUT2D eigenvalue weighted by molar-refractivity contribution is 6.01. The molecular formula is C44H48N4O4. The number of allylic oxidation sites excluding steroid dienone is 1. The number of piperazine rings is 1. The zero-order chi connectivity index (χ0) is 35.6. The van der Waals surface area contributed by atoms with Crippen LogP contribution in [0.3, 0.4) is 0 Å². The summed E-state index contributed by atoms with van der Waals surface area (Å²) in [6.07, 6.45) is 5.37. The molecule has 1 aliphatic carbocycles. The van der Waals surface area contributed by atoms with Crippen molar-refractivity contribution < 1.29 is 19.4 Å². The van der Waals surface area contributed by atoms with Gasteiger partial charge in [-0.1, -0.05) is 55.1 Å². The van der Waals surface area contributed by atoms with Gasteiger partial charge in [-0.25, -0.2) is 0 Å². The van der Waals surface area contributed by atoms with Gasteiger partial charge in [0.1, 0.15) is 17.5 Å². The Bertz CT molecular complexity index is 1940. The maximum absolute atomic E-state index is 13.0. The molecule has 3 aliphatic heterocycles. The van der Waals surface area contributed by atoms with Crippen LogP contribution in [0.1, 0.15) is 82.1 Å². The van der Waals surface area contributed by atoms with Crippen molar-refractivity contribution in [2.75, 3.05) is 44.2 Å². The summed E-state index contributed by atoms with van der Waals surface area (Å²) < 4.78 is 6.10. The van der Waals surface area contributed by atoms with Crippen molar-refractivity contribution in [2.24, 2.45) is 0 Å². The summed E-state index contributed by atoms with van der Waals surface area (Å²) in [5.74, 6) is 1.56. The average Bonchev–Trinajstić information content (AvgIpc) is 3.49. The highest BCUT2D eigenvalue weighted by atomic mass is 16.5. The van der Waals surface area contributed by atoms with E-state index in [0.29, 0.717) is 48.9 Å². The van der Waals surface area contributed by atoms with E-state index >= 15 is 0 Å². The zero-order valence-electron chi connectivity index (χ0n) is 29.8. The summed E-state index contributed by atoms with van der Waals surface area (Å²) in [5, 5.41) is 13.0. The number of hydrogen-bond acceptors (Lipinski definition) is 6. The molecule has 4 aliphatic rings. The van der Waals surface area contributed by atoms with Gasteiger partial charge in [0.2, 0.25) is 5.91 Å². The predicted octanol–water partition coefficient (Wildman–Crippen LogP) is 6.98. The van der Waals surface area contributed by atoms with E-state index in [1.807, 2.05) is 30.3 Å². The average molecular weight is 697 g/mol. The Kier molecular flexibility index (Phi) is 9.74. The maximum Gasteiger partial charge on any atom is 0.255 e. The SMILES string of the molecule is C=C1CCC(N2Cc3cc(OCCCCN4CCN(c5ccc([C@@H]6c7ccc(O)cc7CC[C@@H]6c6ccccc6)cc5)CC4)ccc3C2=O)C(=O)N1. The number of piperidine rings is 1. The minimum Gasteiger partial charge on any atom is -0.508 e. The van der Waals surface area contributed by atoms with Crippen molar-refractivity contribution in [3.05, 3.63) is 137 Å². The fraction of sp³-hybridized carbons (Fsp3) is 0.364. The van der Waals surface area contributed by atoms with E-state index in [2.05, 4.69) is 82.4 Å². The van der Waals surface area contributed by atoms with Gasteiger partial charge in [-0.15, -0.1) is 0 Å². The number of carbonyl (C=O) groups excluding carboxylic acids is 2. The van der Waals surface area contributed by atoms with Crippen molar-refractivity contribution in [1.82, 2.24) is 15.1 Å².